The normalized spacial score (nSPS) is 13.9. The van der Waals surface area contributed by atoms with Crippen molar-refractivity contribution in [2.75, 3.05) is 20.3 Å². The summed E-state index contributed by atoms with van der Waals surface area (Å²) in [4.78, 5) is 0. The van der Waals surface area contributed by atoms with Gasteiger partial charge in [-0.2, -0.15) is 18.3 Å². The molecule has 0 fully saturated rings. The Bertz CT molecular complexity index is 338. The number of nitrogens with one attached hydrogen (secondary N) is 1. The first kappa shape index (κ1) is 14.0. The summed E-state index contributed by atoms with van der Waals surface area (Å²) in [6.45, 7) is -1.14. The zero-order valence-electron chi connectivity index (χ0n) is 9.79. The molecule has 1 atom stereocenters. The lowest BCUT2D eigenvalue weighted by Gasteiger charge is -2.14. The lowest BCUT2D eigenvalue weighted by molar-refractivity contribution is -0.174. The molecule has 1 heterocycles. The zero-order chi connectivity index (χ0) is 12.9. The van der Waals surface area contributed by atoms with Crippen LogP contribution in [0.3, 0.4) is 0 Å². The summed E-state index contributed by atoms with van der Waals surface area (Å²) in [5.41, 5.74) is 0.936. The third-order valence-electron chi connectivity index (χ3n) is 2.29. The van der Waals surface area contributed by atoms with Crippen LogP contribution in [0.1, 0.15) is 18.0 Å². The van der Waals surface area contributed by atoms with E-state index in [2.05, 4.69) is 15.2 Å². The number of alkyl halides is 3. The number of nitrogens with zero attached hydrogens (tertiary/aromatic N) is 2. The number of hydrogen-bond donors (Lipinski definition) is 1. The minimum Gasteiger partial charge on any atom is -0.372 e. The van der Waals surface area contributed by atoms with Gasteiger partial charge in [0.05, 0.1) is 6.20 Å². The van der Waals surface area contributed by atoms with Gasteiger partial charge in [-0.1, -0.05) is 0 Å². The van der Waals surface area contributed by atoms with Gasteiger partial charge < -0.3 is 10.1 Å². The van der Waals surface area contributed by atoms with Crippen LogP contribution in [0.25, 0.3) is 0 Å². The van der Waals surface area contributed by atoms with Crippen molar-refractivity contribution in [3.63, 3.8) is 0 Å². The summed E-state index contributed by atoms with van der Waals surface area (Å²) in [6.07, 6.45) is -0.280. The fourth-order valence-corrected chi connectivity index (χ4v) is 1.49. The Morgan fingerprint density at radius 2 is 2.24 bits per heavy atom. The highest BCUT2D eigenvalue weighted by Gasteiger charge is 2.27. The van der Waals surface area contributed by atoms with Crippen molar-refractivity contribution in [3.05, 3.63) is 18.0 Å². The van der Waals surface area contributed by atoms with Gasteiger partial charge in [-0.05, 0) is 13.5 Å². The molecule has 0 saturated carbocycles. The van der Waals surface area contributed by atoms with E-state index in [9.17, 15) is 13.2 Å². The molecule has 0 spiro atoms. The maximum absolute atomic E-state index is 11.8. The van der Waals surface area contributed by atoms with Crippen LogP contribution in [-0.4, -0.2) is 36.2 Å². The van der Waals surface area contributed by atoms with Gasteiger partial charge in [0.15, 0.2) is 0 Å². The monoisotopic (exact) mass is 251 g/mol. The largest absolute Gasteiger partial charge is 0.411 e. The second-order valence-corrected chi connectivity index (χ2v) is 3.75. The Morgan fingerprint density at radius 3 is 2.71 bits per heavy atom. The number of aryl methyl sites for hydroxylation is 1. The third kappa shape index (κ3) is 5.18. The van der Waals surface area contributed by atoms with Crippen molar-refractivity contribution in [1.82, 2.24) is 15.1 Å². The van der Waals surface area contributed by atoms with Crippen molar-refractivity contribution in [2.45, 2.75) is 18.6 Å². The molecule has 4 nitrogen and oxygen atoms in total. The predicted octanol–water partition coefficient (Wildman–Crippen LogP) is 1.65. The van der Waals surface area contributed by atoms with Crippen LogP contribution in [0, 0.1) is 0 Å². The molecule has 0 bridgehead atoms. The van der Waals surface area contributed by atoms with Gasteiger partial charge in [0.1, 0.15) is 6.61 Å². The topological polar surface area (TPSA) is 39.1 Å². The lowest BCUT2D eigenvalue weighted by Crippen LogP contribution is -2.21. The van der Waals surface area contributed by atoms with E-state index in [1.807, 2.05) is 6.20 Å². The summed E-state index contributed by atoms with van der Waals surface area (Å²) >= 11 is 0. The van der Waals surface area contributed by atoms with E-state index in [-0.39, 0.29) is 12.6 Å². The van der Waals surface area contributed by atoms with Gasteiger partial charge >= 0.3 is 6.18 Å². The molecule has 1 N–H and O–H groups in total. The first-order valence-corrected chi connectivity index (χ1v) is 5.22. The molecule has 0 radical (unpaired) electrons. The third-order valence-corrected chi connectivity index (χ3v) is 2.29. The van der Waals surface area contributed by atoms with Crippen molar-refractivity contribution >= 4 is 0 Å². The van der Waals surface area contributed by atoms with E-state index in [1.165, 1.54) is 0 Å². The lowest BCUT2D eigenvalue weighted by atomic mass is 10.1. The van der Waals surface area contributed by atoms with Gasteiger partial charge in [-0.3, -0.25) is 4.68 Å². The maximum Gasteiger partial charge on any atom is 0.411 e. The molecule has 0 saturated heterocycles. The fraction of sp³-hybridized carbons (Fsp3) is 0.700. The Morgan fingerprint density at radius 1 is 1.53 bits per heavy atom. The highest BCUT2D eigenvalue weighted by atomic mass is 19.4. The summed E-state index contributed by atoms with van der Waals surface area (Å²) < 4.78 is 41.7. The molecule has 0 aromatic carbocycles. The molecule has 0 aliphatic rings. The smallest absolute Gasteiger partial charge is 0.372 e. The molecule has 1 unspecified atom stereocenters. The Balaban J connectivity index is 2.33. The second-order valence-electron chi connectivity index (χ2n) is 3.75. The highest BCUT2D eigenvalue weighted by molar-refractivity contribution is 5.09. The first-order chi connectivity index (χ1) is 7.92. The van der Waals surface area contributed by atoms with Crippen LogP contribution in [0.4, 0.5) is 13.2 Å². The molecule has 1 aromatic heterocycles. The first-order valence-electron chi connectivity index (χ1n) is 5.22. The minimum absolute atomic E-state index is 0.0445. The van der Waals surface area contributed by atoms with E-state index in [0.717, 1.165) is 5.56 Å². The molecule has 17 heavy (non-hydrogen) atoms. The molecule has 0 aliphatic heterocycles. The molecule has 98 valence electrons. The second kappa shape index (κ2) is 6.02. The van der Waals surface area contributed by atoms with Gasteiger partial charge in [0, 0.05) is 31.5 Å². The molecule has 7 heteroatoms. The zero-order valence-corrected chi connectivity index (χ0v) is 9.79. The van der Waals surface area contributed by atoms with Crippen LogP contribution in [0.5, 0.6) is 0 Å². The van der Waals surface area contributed by atoms with Crippen LogP contribution < -0.4 is 5.32 Å². The Hall–Kier alpha value is -1.08. The van der Waals surface area contributed by atoms with E-state index in [4.69, 9.17) is 0 Å². The number of ether oxygens (including phenoxy) is 1. The van der Waals surface area contributed by atoms with Crippen LogP contribution in [0.2, 0.25) is 0 Å². The van der Waals surface area contributed by atoms with Crippen molar-refractivity contribution < 1.29 is 17.9 Å². The minimum atomic E-state index is -4.26. The van der Waals surface area contributed by atoms with Crippen LogP contribution >= 0.6 is 0 Å². The van der Waals surface area contributed by atoms with Crippen LogP contribution in [0.15, 0.2) is 12.4 Å². The summed E-state index contributed by atoms with van der Waals surface area (Å²) in [5, 5.41) is 7.02. The summed E-state index contributed by atoms with van der Waals surface area (Å²) in [6, 6.07) is -0.0445. The van der Waals surface area contributed by atoms with Crippen molar-refractivity contribution in [3.8, 4) is 0 Å². The summed E-state index contributed by atoms with van der Waals surface area (Å²) in [7, 11) is 3.54. The van der Waals surface area contributed by atoms with E-state index in [0.29, 0.717) is 6.42 Å². The number of hydrogen-bond acceptors (Lipinski definition) is 3. The van der Waals surface area contributed by atoms with Crippen LogP contribution in [-0.2, 0) is 11.8 Å². The Kier molecular flexibility index (Phi) is 4.95. The predicted molar refractivity (Wildman–Crippen MR) is 56.5 cm³/mol. The quantitative estimate of drug-likeness (QED) is 0.781. The van der Waals surface area contributed by atoms with E-state index >= 15 is 0 Å². The molecule has 1 aromatic rings. The Labute approximate surface area is 97.8 Å². The van der Waals surface area contributed by atoms with Crippen molar-refractivity contribution in [1.29, 1.82) is 0 Å². The number of rotatable bonds is 6. The maximum atomic E-state index is 11.8. The van der Waals surface area contributed by atoms with E-state index < -0.39 is 12.8 Å². The van der Waals surface area contributed by atoms with Gasteiger partial charge in [0.2, 0.25) is 0 Å². The molecule has 0 amide bonds. The number of halogens is 3. The van der Waals surface area contributed by atoms with Gasteiger partial charge in [0.25, 0.3) is 0 Å². The fourth-order valence-electron chi connectivity index (χ4n) is 1.49. The molecular formula is C10H16F3N3O. The average Bonchev–Trinajstić information content (AvgIpc) is 2.63. The standard InChI is InChI=1S/C10H16F3N3O/c1-14-9(8-5-15-16(2)6-8)3-4-17-7-10(11,12)13/h5-6,9,14H,3-4,7H2,1-2H3. The van der Waals surface area contributed by atoms with E-state index in [1.54, 1.807) is 25.0 Å². The number of aromatic nitrogens is 2. The van der Waals surface area contributed by atoms with Crippen molar-refractivity contribution in [2.24, 2.45) is 7.05 Å². The molecular weight excluding hydrogens is 235 g/mol. The van der Waals surface area contributed by atoms with Gasteiger partial charge in [-0.25, -0.2) is 0 Å². The molecule has 0 aliphatic carbocycles. The highest BCUT2D eigenvalue weighted by Crippen LogP contribution is 2.17. The average molecular weight is 251 g/mol. The SMILES string of the molecule is CNC(CCOCC(F)(F)F)c1cnn(C)c1. The summed E-state index contributed by atoms with van der Waals surface area (Å²) in [5.74, 6) is 0. The molecule has 1 rings (SSSR count). The van der Waals surface area contributed by atoms with Gasteiger partial charge in [-0.15, -0.1) is 0 Å².